The molecule has 6 nitrogen and oxygen atoms in total. The quantitative estimate of drug-likeness (QED) is 0.253. The molecule has 0 saturated carbocycles. The molecule has 0 fully saturated rings. The summed E-state index contributed by atoms with van der Waals surface area (Å²) in [5, 5.41) is 6.14. The van der Waals surface area contributed by atoms with Crippen molar-refractivity contribution in [2.24, 2.45) is 5.73 Å². The van der Waals surface area contributed by atoms with Gasteiger partial charge in [0.1, 0.15) is 12.4 Å². The predicted molar refractivity (Wildman–Crippen MR) is 146 cm³/mol. The van der Waals surface area contributed by atoms with E-state index in [-0.39, 0.29) is 11.9 Å². The number of pyridine rings is 1. The topological polar surface area (TPSA) is 93.0 Å². The molecule has 7 heteroatoms. The third kappa shape index (κ3) is 4.42. The van der Waals surface area contributed by atoms with Crippen molar-refractivity contribution in [2.75, 3.05) is 11.9 Å². The van der Waals surface area contributed by atoms with Crippen molar-refractivity contribution in [3.63, 3.8) is 0 Å². The van der Waals surface area contributed by atoms with Crippen LogP contribution in [-0.4, -0.2) is 28.5 Å². The first-order valence-electron chi connectivity index (χ1n) is 11.7. The number of nitrogens with two attached hydrogens (primary N) is 1. The highest BCUT2D eigenvalue weighted by molar-refractivity contribution is 7.11. The van der Waals surface area contributed by atoms with Gasteiger partial charge in [-0.05, 0) is 59.3 Å². The number of nitrogens with one attached hydrogen (secondary N) is 2. The molecular formula is C29H24N4O2S. The molecule has 1 atom stereocenters. The maximum atomic E-state index is 12.6. The number of hydrogen-bond acceptors (Lipinski definition) is 5. The Morgan fingerprint density at radius 1 is 1.06 bits per heavy atom. The molecule has 0 spiro atoms. The summed E-state index contributed by atoms with van der Waals surface area (Å²) in [5.41, 5.74) is 12.9. The van der Waals surface area contributed by atoms with Gasteiger partial charge in [0.15, 0.2) is 0 Å². The monoisotopic (exact) mass is 492 g/mol. The lowest BCUT2D eigenvalue weighted by atomic mass is 10.00. The van der Waals surface area contributed by atoms with E-state index in [2.05, 4.69) is 27.4 Å². The second kappa shape index (κ2) is 9.45. The number of carbonyl (C=O) groups is 1. The maximum Gasteiger partial charge on any atom is 0.256 e. The highest BCUT2D eigenvalue weighted by atomic mass is 32.1. The van der Waals surface area contributed by atoms with Crippen LogP contribution < -0.4 is 15.8 Å². The summed E-state index contributed by atoms with van der Waals surface area (Å²) < 4.78 is 6.02. The van der Waals surface area contributed by atoms with Crippen LogP contribution in [0.25, 0.3) is 33.7 Å². The van der Waals surface area contributed by atoms with E-state index in [1.807, 2.05) is 66.2 Å². The first-order valence-corrected chi connectivity index (χ1v) is 12.6. The number of para-hydroxylation sites is 1. The van der Waals surface area contributed by atoms with Crippen LogP contribution in [0, 0.1) is 0 Å². The summed E-state index contributed by atoms with van der Waals surface area (Å²) in [6.07, 6.45) is 8.15. The molecule has 0 radical (unpaired) electrons. The molecule has 1 unspecified atom stereocenters. The van der Waals surface area contributed by atoms with Gasteiger partial charge in [-0.25, -0.2) is 0 Å². The molecule has 0 saturated heterocycles. The van der Waals surface area contributed by atoms with Gasteiger partial charge in [-0.1, -0.05) is 30.3 Å². The molecule has 3 aromatic heterocycles. The zero-order chi connectivity index (χ0) is 24.5. The molecule has 1 aliphatic rings. The molecule has 5 aromatic rings. The summed E-state index contributed by atoms with van der Waals surface area (Å²) in [4.78, 5) is 21.3. The number of ether oxygens (including phenoxy) is 1. The van der Waals surface area contributed by atoms with E-state index in [4.69, 9.17) is 10.5 Å². The molecule has 0 bridgehead atoms. The third-order valence-electron chi connectivity index (χ3n) is 6.30. The van der Waals surface area contributed by atoms with Crippen molar-refractivity contribution in [3.05, 3.63) is 101 Å². The van der Waals surface area contributed by atoms with Gasteiger partial charge >= 0.3 is 0 Å². The SMILES string of the molecule is NC(COc1cncc(-c2ccc3c(c2)C(=Cc2cccs2)C(=O)N3)c1)Cc1c[nH]c2ccccc12. The number of anilines is 1. The van der Waals surface area contributed by atoms with E-state index in [0.29, 0.717) is 24.4 Å². The predicted octanol–water partition coefficient (Wildman–Crippen LogP) is 5.73. The van der Waals surface area contributed by atoms with Crippen LogP contribution in [0.15, 0.2) is 84.6 Å². The highest BCUT2D eigenvalue weighted by Crippen LogP contribution is 2.37. The Hall–Kier alpha value is -4.20. The van der Waals surface area contributed by atoms with Crippen molar-refractivity contribution in [3.8, 4) is 16.9 Å². The normalized spacial score (nSPS) is 14.7. The number of rotatable bonds is 7. The fourth-order valence-electron chi connectivity index (χ4n) is 4.53. The Morgan fingerprint density at radius 3 is 2.86 bits per heavy atom. The molecule has 36 heavy (non-hydrogen) atoms. The van der Waals surface area contributed by atoms with Crippen LogP contribution in [0.1, 0.15) is 16.0 Å². The van der Waals surface area contributed by atoms with Gasteiger partial charge in [-0.2, -0.15) is 0 Å². The number of aromatic amines is 1. The number of nitrogens with zero attached hydrogens (tertiary/aromatic N) is 1. The molecule has 4 heterocycles. The van der Waals surface area contributed by atoms with E-state index in [1.165, 1.54) is 10.9 Å². The van der Waals surface area contributed by atoms with Gasteiger partial charge in [0.2, 0.25) is 0 Å². The molecule has 0 aliphatic carbocycles. The number of H-pyrrole nitrogens is 1. The lowest BCUT2D eigenvalue weighted by Gasteiger charge is -2.13. The zero-order valence-electron chi connectivity index (χ0n) is 19.4. The van der Waals surface area contributed by atoms with E-state index >= 15 is 0 Å². The van der Waals surface area contributed by atoms with E-state index in [1.54, 1.807) is 23.7 Å². The summed E-state index contributed by atoms with van der Waals surface area (Å²) in [7, 11) is 0. The van der Waals surface area contributed by atoms with Crippen LogP contribution in [0.4, 0.5) is 5.69 Å². The highest BCUT2D eigenvalue weighted by Gasteiger charge is 2.24. The second-order valence-corrected chi connectivity index (χ2v) is 9.81. The van der Waals surface area contributed by atoms with Gasteiger partial charge in [0.05, 0.1) is 11.8 Å². The van der Waals surface area contributed by atoms with Crippen molar-refractivity contribution in [1.82, 2.24) is 9.97 Å². The molecular weight excluding hydrogens is 468 g/mol. The minimum Gasteiger partial charge on any atom is -0.490 e. The standard InChI is InChI=1S/C29H24N4O2S/c30-21(10-20-15-32-27-6-2-1-5-24(20)27)17-35-22-11-19(14-31-16-22)18-7-8-28-25(12-18)26(29(34)33-28)13-23-4-3-9-36-23/h1-9,11-16,21,32H,10,17,30H2,(H,33,34). The molecule has 4 N–H and O–H groups in total. The summed E-state index contributed by atoms with van der Waals surface area (Å²) in [6.45, 7) is 0.376. The van der Waals surface area contributed by atoms with Gasteiger partial charge in [-0.3, -0.25) is 9.78 Å². The van der Waals surface area contributed by atoms with E-state index < -0.39 is 0 Å². The van der Waals surface area contributed by atoms with Crippen molar-refractivity contribution in [1.29, 1.82) is 0 Å². The maximum absolute atomic E-state index is 12.6. The fraction of sp³-hybridized carbons (Fsp3) is 0.103. The van der Waals surface area contributed by atoms with Gasteiger partial charge in [0.25, 0.3) is 5.91 Å². The number of fused-ring (bicyclic) bond motifs is 2. The van der Waals surface area contributed by atoms with Crippen LogP contribution in [0.3, 0.4) is 0 Å². The number of aromatic nitrogens is 2. The number of amides is 1. The minimum absolute atomic E-state index is 0.0880. The Labute approximate surface area is 212 Å². The minimum atomic E-state index is -0.158. The summed E-state index contributed by atoms with van der Waals surface area (Å²) in [6, 6.07) is 19.9. The zero-order valence-corrected chi connectivity index (χ0v) is 20.2. The van der Waals surface area contributed by atoms with Gasteiger partial charge in [-0.15, -0.1) is 11.3 Å². The summed E-state index contributed by atoms with van der Waals surface area (Å²) in [5.74, 6) is 0.570. The molecule has 2 aromatic carbocycles. The Bertz CT molecular complexity index is 1590. The average molecular weight is 493 g/mol. The van der Waals surface area contributed by atoms with Crippen LogP contribution in [0.2, 0.25) is 0 Å². The van der Waals surface area contributed by atoms with E-state index in [0.717, 1.165) is 32.8 Å². The Kier molecular flexibility index (Phi) is 5.85. The van der Waals surface area contributed by atoms with Crippen molar-refractivity contribution >= 4 is 45.5 Å². The number of thiophene rings is 1. The molecule has 178 valence electrons. The smallest absolute Gasteiger partial charge is 0.256 e. The lowest BCUT2D eigenvalue weighted by molar-refractivity contribution is -0.110. The Morgan fingerprint density at radius 2 is 1.97 bits per heavy atom. The summed E-state index contributed by atoms with van der Waals surface area (Å²) >= 11 is 1.60. The fourth-order valence-corrected chi connectivity index (χ4v) is 5.18. The molecule has 1 amide bonds. The number of hydrogen-bond donors (Lipinski definition) is 3. The van der Waals surface area contributed by atoms with Crippen LogP contribution in [-0.2, 0) is 11.2 Å². The second-order valence-electron chi connectivity index (χ2n) is 8.83. The third-order valence-corrected chi connectivity index (χ3v) is 7.12. The molecule has 6 rings (SSSR count). The number of benzene rings is 2. The number of carbonyl (C=O) groups excluding carboxylic acids is 1. The lowest BCUT2D eigenvalue weighted by Crippen LogP contribution is -2.30. The first-order chi connectivity index (χ1) is 17.6. The first kappa shape index (κ1) is 22.3. The van der Waals surface area contributed by atoms with E-state index in [9.17, 15) is 4.79 Å². The van der Waals surface area contributed by atoms with Gasteiger partial charge < -0.3 is 20.8 Å². The van der Waals surface area contributed by atoms with Crippen molar-refractivity contribution in [2.45, 2.75) is 12.5 Å². The molecule has 1 aliphatic heterocycles. The Balaban J connectivity index is 1.18. The largest absolute Gasteiger partial charge is 0.490 e. The van der Waals surface area contributed by atoms with Crippen molar-refractivity contribution < 1.29 is 9.53 Å². The van der Waals surface area contributed by atoms with Crippen LogP contribution in [0.5, 0.6) is 5.75 Å². The van der Waals surface area contributed by atoms with Crippen LogP contribution >= 0.6 is 11.3 Å². The van der Waals surface area contributed by atoms with Gasteiger partial charge in [0, 0.05) is 51.0 Å². The average Bonchev–Trinajstić information content (AvgIpc) is 3.63.